The highest BCUT2D eigenvalue weighted by molar-refractivity contribution is 5.81. The second-order valence-electron chi connectivity index (χ2n) is 5.72. The van der Waals surface area contributed by atoms with Gasteiger partial charge >= 0.3 is 0 Å². The number of hydrogen-bond donors (Lipinski definition) is 2. The van der Waals surface area contributed by atoms with Crippen LogP contribution in [0.5, 0.6) is 11.5 Å². The van der Waals surface area contributed by atoms with Crippen molar-refractivity contribution in [3.8, 4) is 11.5 Å². The minimum absolute atomic E-state index is 0.127. The van der Waals surface area contributed by atoms with Crippen LogP contribution in [0.1, 0.15) is 25.1 Å². The van der Waals surface area contributed by atoms with Gasteiger partial charge in [-0.3, -0.25) is 4.79 Å². The Kier molecular flexibility index (Phi) is 4.29. The highest BCUT2D eigenvalue weighted by atomic mass is 16.5. The molecule has 2 N–H and O–H groups in total. The fourth-order valence-corrected chi connectivity index (χ4v) is 3.06. The number of nitrogens with one attached hydrogen (secondary N) is 2. The van der Waals surface area contributed by atoms with E-state index in [9.17, 15) is 4.79 Å². The Labute approximate surface area is 129 Å². The molecule has 0 spiro atoms. The zero-order chi connectivity index (χ0) is 15.5. The van der Waals surface area contributed by atoms with E-state index in [1.165, 1.54) is 24.2 Å². The minimum atomic E-state index is -0.127. The predicted molar refractivity (Wildman–Crippen MR) is 83.7 cm³/mol. The number of nitrogens with zero attached hydrogens (tertiary/aromatic N) is 1. The molecule has 22 heavy (non-hydrogen) atoms. The van der Waals surface area contributed by atoms with E-state index in [1.807, 2.05) is 0 Å². The Morgan fingerprint density at radius 1 is 1.14 bits per heavy atom. The Hall–Kier alpha value is -2.08. The van der Waals surface area contributed by atoms with Gasteiger partial charge in [0.05, 0.1) is 38.2 Å². The van der Waals surface area contributed by atoms with Crippen molar-refractivity contribution >= 4 is 10.9 Å². The van der Waals surface area contributed by atoms with Crippen molar-refractivity contribution in [3.05, 3.63) is 28.3 Å². The molecular weight excluding hydrogens is 282 g/mol. The van der Waals surface area contributed by atoms with Crippen LogP contribution in [0.2, 0.25) is 0 Å². The molecule has 118 valence electrons. The van der Waals surface area contributed by atoms with E-state index in [-0.39, 0.29) is 5.56 Å². The number of rotatable bonds is 4. The predicted octanol–water partition coefficient (Wildman–Crippen LogP) is 0.509. The number of aromatic nitrogens is 2. The van der Waals surface area contributed by atoms with Crippen molar-refractivity contribution in [2.75, 3.05) is 27.3 Å². The highest BCUT2D eigenvalue weighted by Crippen LogP contribution is 2.29. The molecule has 3 rings (SSSR count). The quantitative estimate of drug-likeness (QED) is 0.863. The van der Waals surface area contributed by atoms with Gasteiger partial charge in [-0.25, -0.2) is 4.98 Å². The maximum atomic E-state index is 12.3. The molecule has 1 aliphatic heterocycles. The van der Waals surface area contributed by atoms with E-state index < -0.39 is 0 Å². The van der Waals surface area contributed by atoms with Crippen LogP contribution in [-0.4, -0.2) is 37.3 Å². The number of likely N-dealkylation sites (tertiary alicyclic amines) is 1. The fourth-order valence-electron chi connectivity index (χ4n) is 3.06. The Bertz CT molecular complexity index is 720. The molecule has 0 amide bonds. The van der Waals surface area contributed by atoms with Crippen molar-refractivity contribution in [2.45, 2.75) is 25.8 Å². The summed E-state index contributed by atoms with van der Waals surface area (Å²) in [5, 5.41) is 0.523. The molecule has 2 heterocycles. The first-order valence-corrected chi connectivity index (χ1v) is 7.69. The molecule has 6 heteroatoms. The molecule has 6 nitrogen and oxygen atoms in total. The van der Waals surface area contributed by atoms with E-state index in [4.69, 9.17) is 9.47 Å². The second-order valence-corrected chi connectivity index (χ2v) is 5.72. The van der Waals surface area contributed by atoms with Crippen LogP contribution in [0.15, 0.2) is 16.9 Å². The lowest BCUT2D eigenvalue weighted by Crippen LogP contribution is -3.11. The smallest absolute Gasteiger partial charge is 0.259 e. The molecule has 1 saturated heterocycles. The Morgan fingerprint density at radius 2 is 1.82 bits per heavy atom. The summed E-state index contributed by atoms with van der Waals surface area (Å²) in [6.45, 7) is 3.06. The molecule has 0 bridgehead atoms. The fraction of sp³-hybridized carbons (Fsp3) is 0.500. The molecule has 1 aromatic heterocycles. The molecule has 2 aromatic rings. The number of benzene rings is 1. The van der Waals surface area contributed by atoms with Gasteiger partial charge in [0.15, 0.2) is 17.3 Å². The highest BCUT2D eigenvalue weighted by Gasteiger charge is 2.17. The molecule has 1 aliphatic rings. The second kappa shape index (κ2) is 6.36. The van der Waals surface area contributed by atoms with Gasteiger partial charge in [0.1, 0.15) is 6.54 Å². The molecule has 0 atom stereocenters. The molecule has 0 aliphatic carbocycles. The van der Waals surface area contributed by atoms with Gasteiger partial charge in [0.2, 0.25) is 0 Å². The Morgan fingerprint density at radius 3 is 2.50 bits per heavy atom. The van der Waals surface area contributed by atoms with E-state index in [2.05, 4.69) is 9.97 Å². The zero-order valence-electron chi connectivity index (χ0n) is 13.1. The first-order chi connectivity index (χ1) is 10.7. The number of quaternary nitrogens is 1. The van der Waals surface area contributed by atoms with Crippen LogP contribution in [0, 0.1) is 0 Å². The van der Waals surface area contributed by atoms with E-state index in [0.717, 1.165) is 25.5 Å². The van der Waals surface area contributed by atoms with Crippen LogP contribution in [0.25, 0.3) is 10.9 Å². The zero-order valence-corrected chi connectivity index (χ0v) is 13.1. The third kappa shape index (κ3) is 2.92. The maximum Gasteiger partial charge on any atom is 0.259 e. The lowest BCUT2D eigenvalue weighted by Gasteiger charge is -2.22. The molecule has 0 saturated carbocycles. The summed E-state index contributed by atoms with van der Waals surface area (Å²) in [5.74, 6) is 1.86. The summed E-state index contributed by atoms with van der Waals surface area (Å²) in [7, 11) is 3.13. The number of fused-ring (bicyclic) bond motifs is 1. The normalized spacial score (nSPS) is 15.9. The van der Waals surface area contributed by atoms with Crippen molar-refractivity contribution < 1.29 is 14.4 Å². The first-order valence-electron chi connectivity index (χ1n) is 7.69. The van der Waals surface area contributed by atoms with E-state index >= 15 is 0 Å². The number of H-pyrrole nitrogens is 1. The molecule has 0 radical (unpaired) electrons. The summed E-state index contributed by atoms with van der Waals surface area (Å²) in [4.78, 5) is 21.3. The number of piperidine rings is 1. The number of aromatic amines is 1. The lowest BCUT2D eigenvalue weighted by molar-refractivity contribution is -0.919. The first kappa shape index (κ1) is 14.8. The summed E-state index contributed by atoms with van der Waals surface area (Å²) in [5.41, 5.74) is 0.519. The SMILES string of the molecule is COc1cc2nc(C[NH+]3CCCCC3)[nH]c(=O)c2cc1OC. The van der Waals surface area contributed by atoms with Gasteiger partial charge in [-0.15, -0.1) is 0 Å². The summed E-state index contributed by atoms with van der Waals surface area (Å²) < 4.78 is 10.5. The van der Waals surface area contributed by atoms with Gasteiger partial charge < -0.3 is 19.4 Å². The van der Waals surface area contributed by atoms with Gasteiger partial charge in [-0.2, -0.15) is 0 Å². The molecule has 0 unspecified atom stereocenters. The van der Waals surface area contributed by atoms with Crippen LogP contribution >= 0.6 is 0 Å². The largest absolute Gasteiger partial charge is 0.493 e. The molecule has 1 fully saturated rings. The summed E-state index contributed by atoms with van der Waals surface area (Å²) in [6.07, 6.45) is 3.80. The van der Waals surface area contributed by atoms with Crippen LogP contribution < -0.4 is 19.9 Å². The third-order valence-corrected chi connectivity index (χ3v) is 4.24. The van der Waals surface area contributed by atoms with Gasteiger partial charge in [0, 0.05) is 6.07 Å². The van der Waals surface area contributed by atoms with Crippen molar-refractivity contribution in [2.24, 2.45) is 0 Å². The molecular formula is C16H22N3O3+. The number of ether oxygens (including phenoxy) is 2. The average molecular weight is 304 g/mol. The van der Waals surface area contributed by atoms with Crippen molar-refractivity contribution in [1.82, 2.24) is 9.97 Å². The third-order valence-electron chi connectivity index (χ3n) is 4.24. The standard InChI is InChI=1S/C16H21N3O3/c1-21-13-8-11-12(9-14(13)22-2)17-15(18-16(11)20)10-19-6-4-3-5-7-19/h8-9H,3-7,10H2,1-2H3,(H,17,18,20)/p+1. The molecule has 1 aromatic carbocycles. The summed E-state index contributed by atoms with van der Waals surface area (Å²) in [6, 6.07) is 3.44. The topological polar surface area (TPSA) is 68.7 Å². The Balaban J connectivity index is 1.98. The van der Waals surface area contributed by atoms with Crippen molar-refractivity contribution in [3.63, 3.8) is 0 Å². The minimum Gasteiger partial charge on any atom is -0.493 e. The van der Waals surface area contributed by atoms with Crippen LogP contribution in [0.4, 0.5) is 0 Å². The van der Waals surface area contributed by atoms with Crippen LogP contribution in [0.3, 0.4) is 0 Å². The maximum absolute atomic E-state index is 12.3. The number of hydrogen-bond acceptors (Lipinski definition) is 4. The van der Waals surface area contributed by atoms with E-state index in [1.54, 1.807) is 26.4 Å². The number of methoxy groups -OCH3 is 2. The van der Waals surface area contributed by atoms with Crippen molar-refractivity contribution in [1.29, 1.82) is 0 Å². The monoisotopic (exact) mass is 304 g/mol. The van der Waals surface area contributed by atoms with E-state index in [0.29, 0.717) is 22.4 Å². The van der Waals surface area contributed by atoms with Gasteiger partial charge in [-0.1, -0.05) is 0 Å². The average Bonchev–Trinajstić information content (AvgIpc) is 2.54. The van der Waals surface area contributed by atoms with Gasteiger partial charge in [0.25, 0.3) is 5.56 Å². The van der Waals surface area contributed by atoms with Crippen LogP contribution in [-0.2, 0) is 6.54 Å². The van der Waals surface area contributed by atoms with Gasteiger partial charge in [-0.05, 0) is 25.3 Å². The summed E-state index contributed by atoms with van der Waals surface area (Å²) >= 11 is 0. The lowest BCUT2D eigenvalue weighted by atomic mass is 10.1.